The normalized spacial score (nSPS) is 22.9. The Labute approximate surface area is 185 Å². The predicted octanol–water partition coefficient (Wildman–Crippen LogP) is 2.35. The molecular weight excluding hydrogens is 414 g/mol. The van der Waals surface area contributed by atoms with Gasteiger partial charge in [0.1, 0.15) is 5.69 Å². The van der Waals surface area contributed by atoms with Crippen molar-refractivity contribution in [2.45, 2.75) is 37.8 Å². The molecule has 0 radical (unpaired) electrons. The molecule has 31 heavy (non-hydrogen) atoms. The first kappa shape index (κ1) is 19.1. The summed E-state index contributed by atoms with van der Waals surface area (Å²) in [7, 11) is 3.74. The molecule has 2 saturated heterocycles. The van der Waals surface area contributed by atoms with Crippen molar-refractivity contribution in [3.8, 4) is 0 Å². The molecule has 0 amide bonds. The van der Waals surface area contributed by atoms with Crippen LogP contribution in [0.4, 0.5) is 17.3 Å². The van der Waals surface area contributed by atoms with Crippen LogP contribution >= 0.6 is 11.6 Å². The zero-order valence-electron chi connectivity index (χ0n) is 17.8. The quantitative estimate of drug-likeness (QED) is 0.661. The molecule has 0 aliphatic carbocycles. The molecule has 1 N–H and O–H groups in total. The number of nitrogens with zero attached hydrogens (tertiary/aromatic N) is 6. The maximum atomic E-state index is 13.6. The van der Waals surface area contributed by atoms with Gasteiger partial charge in [0, 0.05) is 63.8 Å². The van der Waals surface area contributed by atoms with Gasteiger partial charge in [0.15, 0.2) is 0 Å². The van der Waals surface area contributed by atoms with E-state index < -0.39 is 0 Å². The highest BCUT2D eigenvalue weighted by molar-refractivity contribution is 6.38. The van der Waals surface area contributed by atoms with Crippen molar-refractivity contribution in [1.82, 2.24) is 24.6 Å². The number of fused-ring (bicyclic) bond motifs is 4. The van der Waals surface area contributed by atoms with Gasteiger partial charge in [0.25, 0.3) is 5.56 Å². The third-order valence-electron chi connectivity index (χ3n) is 7.02. The molecule has 3 aromatic rings. The summed E-state index contributed by atoms with van der Waals surface area (Å²) < 4.78 is 3.50. The maximum Gasteiger partial charge on any atom is 0.278 e. The summed E-state index contributed by atoms with van der Waals surface area (Å²) in [5.41, 5.74) is 3.21. The lowest BCUT2D eigenvalue weighted by Crippen LogP contribution is -2.61. The van der Waals surface area contributed by atoms with Gasteiger partial charge < -0.3 is 15.1 Å². The van der Waals surface area contributed by atoms with Crippen LogP contribution in [0.3, 0.4) is 0 Å². The van der Waals surface area contributed by atoms with E-state index in [1.807, 2.05) is 37.3 Å². The standard InChI is InChI=1S/C22H26ClN7O/c1-27-12-15-16(26-27)6-7-18(19(15)23)29-9-8-17-20(29)21(31)28(2)22(25-17)30-13-4-3-5-14(30)11-24-10-13/h6-7,12-14,24H,3-5,8-11H2,1-2H3. The second-order valence-corrected chi connectivity index (χ2v) is 9.29. The van der Waals surface area contributed by atoms with Gasteiger partial charge in [0.05, 0.1) is 21.9 Å². The van der Waals surface area contributed by atoms with E-state index in [2.05, 4.69) is 15.3 Å². The van der Waals surface area contributed by atoms with Crippen molar-refractivity contribution in [3.05, 3.63) is 39.4 Å². The molecule has 2 unspecified atom stereocenters. The van der Waals surface area contributed by atoms with Crippen LogP contribution in [0.15, 0.2) is 23.1 Å². The Kier molecular flexibility index (Phi) is 4.30. The number of piperazine rings is 1. The van der Waals surface area contributed by atoms with E-state index in [4.69, 9.17) is 16.6 Å². The molecule has 3 aliphatic rings. The molecule has 2 fully saturated rings. The highest BCUT2D eigenvalue weighted by atomic mass is 35.5. The molecule has 162 valence electrons. The van der Waals surface area contributed by atoms with Crippen LogP contribution in [0.2, 0.25) is 5.02 Å². The van der Waals surface area contributed by atoms with Crippen LogP contribution in [0.25, 0.3) is 10.9 Å². The van der Waals surface area contributed by atoms with E-state index in [9.17, 15) is 4.79 Å². The summed E-state index contributed by atoms with van der Waals surface area (Å²) in [6, 6.07) is 4.73. The van der Waals surface area contributed by atoms with Gasteiger partial charge in [-0.25, -0.2) is 4.98 Å². The average Bonchev–Trinajstić information content (AvgIpc) is 3.34. The predicted molar refractivity (Wildman–Crippen MR) is 123 cm³/mol. The summed E-state index contributed by atoms with van der Waals surface area (Å²) in [6.45, 7) is 2.60. The third kappa shape index (κ3) is 2.81. The highest BCUT2D eigenvalue weighted by Crippen LogP contribution is 2.40. The van der Waals surface area contributed by atoms with Crippen LogP contribution in [0, 0.1) is 0 Å². The van der Waals surface area contributed by atoms with Gasteiger partial charge in [-0.3, -0.25) is 14.0 Å². The molecule has 9 heteroatoms. The number of hydrogen-bond donors (Lipinski definition) is 1. The lowest BCUT2D eigenvalue weighted by atomic mass is 9.93. The van der Waals surface area contributed by atoms with Crippen LogP contribution in [-0.4, -0.2) is 51.0 Å². The molecule has 3 aliphatic heterocycles. The Morgan fingerprint density at radius 2 is 1.94 bits per heavy atom. The van der Waals surface area contributed by atoms with Crippen molar-refractivity contribution >= 4 is 39.8 Å². The van der Waals surface area contributed by atoms with E-state index >= 15 is 0 Å². The second kappa shape index (κ2) is 6.97. The van der Waals surface area contributed by atoms with Crippen LogP contribution < -0.4 is 20.7 Å². The zero-order chi connectivity index (χ0) is 21.3. The first-order valence-corrected chi connectivity index (χ1v) is 11.4. The molecule has 2 aromatic heterocycles. The highest BCUT2D eigenvalue weighted by Gasteiger charge is 2.38. The molecule has 6 rings (SSSR count). The molecule has 1 aromatic carbocycles. The lowest BCUT2D eigenvalue weighted by Gasteiger charge is -2.47. The molecule has 2 atom stereocenters. The fourth-order valence-electron chi connectivity index (χ4n) is 5.55. The topological polar surface area (TPSA) is 71.2 Å². The lowest BCUT2D eigenvalue weighted by molar-refractivity contribution is 0.304. The van der Waals surface area contributed by atoms with E-state index in [0.717, 1.165) is 60.6 Å². The number of nitrogens with one attached hydrogen (secondary N) is 1. The monoisotopic (exact) mass is 439 g/mol. The molecule has 0 saturated carbocycles. The summed E-state index contributed by atoms with van der Waals surface area (Å²) in [6.07, 6.45) is 6.18. The number of halogens is 1. The number of aryl methyl sites for hydroxylation is 1. The first-order valence-electron chi connectivity index (χ1n) is 11.0. The third-order valence-corrected chi connectivity index (χ3v) is 7.42. The van der Waals surface area contributed by atoms with Gasteiger partial charge in [0.2, 0.25) is 5.95 Å². The minimum Gasteiger partial charge on any atom is -0.334 e. The molecular formula is C22H26ClN7O. The van der Waals surface area contributed by atoms with Crippen molar-refractivity contribution in [3.63, 3.8) is 0 Å². The fraction of sp³-hybridized carbons (Fsp3) is 0.500. The first-order chi connectivity index (χ1) is 15.0. The Morgan fingerprint density at radius 3 is 2.71 bits per heavy atom. The van der Waals surface area contributed by atoms with Gasteiger partial charge in [-0.05, 0) is 31.4 Å². The number of benzene rings is 1. The molecule has 8 nitrogen and oxygen atoms in total. The van der Waals surface area contributed by atoms with Crippen molar-refractivity contribution in [1.29, 1.82) is 0 Å². The minimum absolute atomic E-state index is 0.00328. The fourth-order valence-corrected chi connectivity index (χ4v) is 5.86. The summed E-state index contributed by atoms with van der Waals surface area (Å²) >= 11 is 6.77. The van der Waals surface area contributed by atoms with Gasteiger partial charge in [-0.15, -0.1) is 0 Å². The van der Waals surface area contributed by atoms with E-state index in [1.165, 1.54) is 6.42 Å². The largest absolute Gasteiger partial charge is 0.334 e. The summed E-state index contributed by atoms with van der Waals surface area (Å²) in [4.78, 5) is 23.1. The minimum atomic E-state index is -0.00328. The Bertz CT molecular complexity index is 1230. The van der Waals surface area contributed by atoms with E-state index in [-0.39, 0.29) is 5.56 Å². The number of piperidine rings is 1. The number of rotatable bonds is 2. The summed E-state index contributed by atoms with van der Waals surface area (Å²) in [5.74, 6) is 0.815. The Hall–Kier alpha value is -2.58. The van der Waals surface area contributed by atoms with Crippen molar-refractivity contribution in [2.24, 2.45) is 14.1 Å². The number of anilines is 3. The van der Waals surface area contributed by atoms with Gasteiger partial charge in [-0.1, -0.05) is 11.6 Å². The Balaban J connectivity index is 1.45. The average molecular weight is 440 g/mol. The van der Waals surface area contributed by atoms with E-state index in [0.29, 0.717) is 29.3 Å². The molecule has 5 heterocycles. The smallest absolute Gasteiger partial charge is 0.278 e. The van der Waals surface area contributed by atoms with Crippen LogP contribution in [0.1, 0.15) is 25.0 Å². The summed E-state index contributed by atoms with van der Waals surface area (Å²) in [5, 5.41) is 9.49. The van der Waals surface area contributed by atoms with Crippen LogP contribution in [0.5, 0.6) is 0 Å². The molecule has 0 spiro atoms. The van der Waals surface area contributed by atoms with Gasteiger partial charge >= 0.3 is 0 Å². The zero-order valence-corrected chi connectivity index (χ0v) is 18.6. The van der Waals surface area contributed by atoms with Gasteiger partial charge in [-0.2, -0.15) is 5.10 Å². The second-order valence-electron chi connectivity index (χ2n) is 8.91. The van der Waals surface area contributed by atoms with Crippen molar-refractivity contribution < 1.29 is 0 Å². The van der Waals surface area contributed by atoms with E-state index in [1.54, 1.807) is 9.25 Å². The maximum absolute atomic E-state index is 13.6. The number of hydrogen-bond acceptors (Lipinski definition) is 6. The number of aromatic nitrogens is 4. The molecule has 2 bridgehead atoms. The Morgan fingerprint density at radius 1 is 1.16 bits per heavy atom. The van der Waals surface area contributed by atoms with Crippen LogP contribution in [-0.2, 0) is 20.5 Å². The SMILES string of the molecule is Cn1cc2c(Cl)c(N3CCc4nc(N5C6CCCC5CNC6)n(C)c(=O)c43)ccc2n1. The van der Waals surface area contributed by atoms with Crippen molar-refractivity contribution in [2.75, 3.05) is 29.4 Å².